The van der Waals surface area contributed by atoms with Crippen LogP contribution in [0.3, 0.4) is 0 Å². The van der Waals surface area contributed by atoms with Crippen LogP contribution in [0.4, 0.5) is 5.69 Å². The molecule has 34 heavy (non-hydrogen) atoms. The summed E-state index contributed by atoms with van der Waals surface area (Å²) in [7, 11) is 1.54. The summed E-state index contributed by atoms with van der Waals surface area (Å²) in [5, 5.41) is 5.49. The number of amides is 3. The molecule has 0 atom stereocenters. The van der Waals surface area contributed by atoms with Gasteiger partial charge in [0.1, 0.15) is 17.2 Å². The summed E-state index contributed by atoms with van der Waals surface area (Å²) in [5.41, 5.74) is 2.07. The zero-order chi connectivity index (χ0) is 23.9. The van der Waals surface area contributed by atoms with E-state index in [0.717, 1.165) is 17.7 Å². The van der Waals surface area contributed by atoms with E-state index in [1.807, 2.05) is 24.3 Å². The van der Waals surface area contributed by atoms with E-state index in [0.29, 0.717) is 30.0 Å². The third-order valence-electron chi connectivity index (χ3n) is 5.42. The highest BCUT2D eigenvalue weighted by Gasteiger charge is 2.22. The number of furan rings is 1. The summed E-state index contributed by atoms with van der Waals surface area (Å²) in [4.78, 5) is 39.5. The zero-order valence-corrected chi connectivity index (χ0v) is 18.7. The summed E-state index contributed by atoms with van der Waals surface area (Å²) >= 11 is 0. The maximum atomic E-state index is 13.0. The highest BCUT2D eigenvalue weighted by molar-refractivity contribution is 6.05. The van der Waals surface area contributed by atoms with Crippen LogP contribution in [0.1, 0.15) is 34.5 Å². The van der Waals surface area contributed by atoms with Crippen LogP contribution < -0.4 is 20.3 Å². The molecule has 4 rings (SSSR count). The number of nitrogens with one attached hydrogen (secondary N) is 2. The van der Waals surface area contributed by atoms with Crippen LogP contribution in [0.15, 0.2) is 77.0 Å². The van der Waals surface area contributed by atoms with Crippen LogP contribution in [0.2, 0.25) is 0 Å². The quantitative estimate of drug-likeness (QED) is 0.502. The van der Waals surface area contributed by atoms with Crippen LogP contribution in [0.25, 0.3) is 6.08 Å². The van der Waals surface area contributed by atoms with Crippen LogP contribution in [0, 0.1) is 0 Å². The molecule has 1 saturated heterocycles. The molecule has 174 valence electrons. The van der Waals surface area contributed by atoms with Crippen LogP contribution >= 0.6 is 0 Å². The lowest BCUT2D eigenvalue weighted by molar-refractivity contribution is -0.118. The zero-order valence-electron chi connectivity index (χ0n) is 18.7. The van der Waals surface area contributed by atoms with E-state index in [4.69, 9.17) is 9.15 Å². The van der Waals surface area contributed by atoms with Crippen molar-refractivity contribution in [3.63, 3.8) is 0 Å². The van der Waals surface area contributed by atoms with Gasteiger partial charge >= 0.3 is 0 Å². The minimum atomic E-state index is -0.471. The number of ether oxygens (including phenoxy) is 1. The molecular formula is C26H25N3O5. The van der Waals surface area contributed by atoms with Gasteiger partial charge in [0.2, 0.25) is 5.91 Å². The van der Waals surface area contributed by atoms with Crippen molar-refractivity contribution < 1.29 is 23.5 Å². The molecule has 0 bridgehead atoms. The van der Waals surface area contributed by atoms with E-state index >= 15 is 0 Å². The van der Waals surface area contributed by atoms with Gasteiger partial charge in [0, 0.05) is 36.8 Å². The molecule has 0 spiro atoms. The first-order valence-electron chi connectivity index (χ1n) is 10.9. The van der Waals surface area contributed by atoms with Gasteiger partial charge in [0.25, 0.3) is 11.8 Å². The Balaban J connectivity index is 1.47. The molecule has 1 aliphatic heterocycles. The van der Waals surface area contributed by atoms with Gasteiger partial charge in [0.05, 0.1) is 13.4 Å². The summed E-state index contributed by atoms with van der Waals surface area (Å²) in [6.45, 7) is 0.921. The number of methoxy groups -OCH3 is 1. The Hall–Kier alpha value is -4.33. The molecule has 2 heterocycles. The molecule has 0 aliphatic carbocycles. The first-order valence-corrected chi connectivity index (χ1v) is 10.9. The number of carbonyl (C=O) groups is 3. The second-order valence-corrected chi connectivity index (χ2v) is 7.76. The third kappa shape index (κ3) is 5.53. The van der Waals surface area contributed by atoms with E-state index in [1.54, 1.807) is 48.4 Å². The van der Waals surface area contributed by atoms with E-state index in [9.17, 15) is 14.4 Å². The van der Waals surface area contributed by atoms with Gasteiger partial charge in [0.15, 0.2) is 0 Å². The van der Waals surface area contributed by atoms with Crippen molar-refractivity contribution in [2.24, 2.45) is 0 Å². The predicted molar refractivity (Wildman–Crippen MR) is 127 cm³/mol. The van der Waals surface area contributed by atoms with Gasteiger partial charge < -0.3 is 24.7 Å². The van der Waals surface area contributed by atoms with Gasteiger partial charge in [-0.15, -0.1) is 0 Å². The van der Waals surface area contributed by atoms with Crippen molar-refractivity contribution in [3.8, 4) is 5.75 Å². The number of carbonyl (C=O) groups excluding carboxylic acids is 3. The molecule has 1 aromatic heterocycles. The fourth-order valence-corrected chi connectivity index (χ4v) is 3.64. The SMILES string of the molecule is COc1ccc(C(=O)N/C(=C\c2ccco2)C(=O)NCc2cccc(N3CCCC3=O)c2)cc1. The average molecular weight is 460 g/mol. The fraction of sp³-hybridized carbons (Fsp3) is 0.192. The molecule has 2 N–H and O–H groups in total. The number of benzene rings is 2. The Morgan fingerprint density at radius 3 is 2.62 bits per heavy atom. The third-order valence-corrected chi connectivity index (χ3v) is 5.42. The molecule has 0 saturated carbocycles. The van der Waals surface area contributed by atoms with Crippen molar-refractivity contribution in [2.45, 2.75) is 19.4 Å². The molecule has 0 radical (unpaired) electrons. The highest BCUT2D eigenvalue weighted by atomic mass is 16.5. The lowest BCUT2D eigenvalue weighted by atomic mass is 10.1. The lowest BCUT2D eigenvalue weighted by Gasteiger charge is -2.17. The largest absolute Gasteiger partial charge is 0.497 e. The Morgan fingerprint density at radius 2 is 1.94 bits per heavy atom. The maximum Gasteiger partial charge on any atom is 0.268 e. The van der Waals surface area contributed by atoms with E-state index < -0.39 is 11.8 Å². The summed E-state index contributed by atoms with van der Waals surface area (Å²) in [5.74, 6) is 0.241. The van der Waals surface area contributed by atoms with Gasteiger partial charge in [-0.1, -0.05) is 12.1 Å². The molecule has 8 heteroatoms. The van der Waals surface area contributed by atoms with Gasteiger partial charge in [-0.05, 0) is 60.5 Å². The van der Waals surface area contributed by atoms with Crippen molar-refractivity contribution in [1.82, 2.24) is 10.6 Å². The molecule has 8 nitrogen and oxygen atoms in total. The van der Waals surface area contributed by atoms with E-state index in [-0.39, 0.29) is 18.1 Å². The standard InChI is InChI=1S/C26H25N3O5/c1-33-21-11-9-19(10-12-21)25(31)28-23(16-22-7-4-14-34-22)26(32)27-17-18-5-2-6-20(15-18)29-13-3-8-24(29)30/h2,4-7,9-12,14-16H,3,8,13,17H2,1H3,(H,27,32)(H,28,31)/b23-16-. The average Bonchev–Trinajstić information content (AvgIpc) is 3.54. The van der Waals surface area contributed by atoms with Crippen molar-refractivity contribution in [1.29, 1.82) is 0 Å². The number of rotatable bonds is 8. The number of anilines is 1. The van der Waals surface area contributed by atoms with E-state index in [2.05, 4.69) is 10.6 Å². The Labute approximate surface area is 197 Å². The molecule has 1 aliphatic rings. The van der Waals surface area contributed by atoms with E-state index in [1.165, 1.54) is 12.3 Å². The second-order valence-electron chi connectivity index (χ2n) is 7.76. The highest BCUT2D eigenvalue weighted by Crippen LogP contribution is 2.22. The summed E-state index contributed by atoms with van der Waals surface area (Å²) in [6.07, 6.45) is 4.35. The summed E-state index contributed by atoms with van der Waals surface area (Å²) in [6, 6.07) is 17.4. The fourth-order valence-electron chi connectivity index (χ4n) is 3.64. The molecule has 1 fully saturated rings. The topological polar surface area (TPSA) is 101 Å². The first-order chi connectivity index (χ1) is 16.5. The Bertz CT molecular complexity index is 1200. The molecule has 3 aromatic rings. The molecule has 3 amide bonds. The van der Waals surface area contributed by atoms with Crippen molar-refractivity contribution >= 4 is 29.5 Å². The Kier molecular flexibility index (Phi) is 7.07. The monoisotopic (exact) mass is 459 g/mol. The first kappa shape index (κ1) is 22.8. The minimum absolute atomic E-state index is 0.0432. The van der Waals surface area contributed by atoms with Crippen LogP contribution in [-0.2, 0) is 16.1 Å². The van der Waals surface area contributed by atoms with Gasteiger partial charge in [-0.3, -0.25) is 14.4 Å². The van der Waals surface area contributed by atoms with Crippen LogP contribution in [-0.4, -0.2) is 31.4 Å². The normalized spacial score (nSPS) is 13.6. The molecule has 0 unspecified atom stereocenters. The van der Waals surface area contributed by atoms with Crippen molar-refractivity contribution in [2.75, 3.05) is 18.6 Å². The van der Waals surface area contributed by atoms with Crippen molar-refractivity contribution in [3.05, 3.63) is 89.5 Å². The predicted octanol–water partition coefficient (Wildman–Crippen LogP) is 3.50. The number of nitrogens with zero attached hydrogens (tertiary/aromatic N) is 1. The minimum Gasteiger partial charge on any atom is -0.497 e. The number of hydrogen-bond donors (Lipinski definition) is 2. The van der Waals surface area contributed by atoms with Crippen LogP contribution in [0.5, 0.6) is 5.75 Å². The molecule has 2 aromatic carbocycles. The maximum absolute atomic E-state index is 13.0. The smallest absolute Gasteiger partial charge is 0.268 e. The van der Waals surface area contributed by atoms with Gasteiger partial charge in [-0.2, -0.15) is 0 Å². The van der Waals surface area contributed by atoms with Gasteiger partial charge in [-0.25, -0.2) is 0 Å². The summed E-state index contributed by atoms with van der Waals surface area (Å²) < 4.78 is 10.4. The lowest BCUT2D eigenvalue weighted by Crippen LogP contribution is -2.34. The number of hydrogen-bond acceptors (Lipinski definition) is 5. The molecular weight excluding hydrogens is 434 g/mol. The second kappa shape index (κ2) is 10.5. The Morgan fingerprint density at radius 1 is 1.12 bits per heavy atom.